The quantitative estimate of drug-likeness (QED) is 0.805. The van der Waals surface area contributed by atoms with Crippen LogP contribution in [0, 0.1) is 5.92 Å². The summed E-state index contributed by atoms with van der Waals surface area (Å²) in [6, 6.07) is 0.786. The Balaban J connectivity index is 1.92. The topological polar surface area (TPSA) is 35.5 Å². The minimum atomic E-state index is -0.151. The van der Waals surface area contributed by atoms with Gasteiger partial charge < -0.3 is 15.3 Å². The number of nitrogens with zero attached hydrogens (tertiary/aromatic N) is 1. The van der Waals surface area contributed by atoms with E-state index < -0.39 is 0 Å². The van der Waals surface area contributed by atoms with Crippen LogP contribution in [0.15, 0.2) is 0 Å². The van der Waals surface area contributed by atoms with Crippen LogP contribution in [0.4, 0.5) is 0 Å². The summed E-state index contributed by atoms with van der Waals surface area (Å²) in [5.74, 6) is 0.887. The Hall–Kier alpha value is -0.120. The molecule has 0 aromatic carbocycles. The molecule has 2 N–H and O–H groups in total. The Bertz CT molecular complexity index is 227. The van der Waals surface area contributed by atoms with E-state index in [-0.39, 0.29) is 6.10 Å². The number of rotatable bonds is 4. The summed E-state index contributed by atoms with van der Waals surface area (Å²) in [6.07, 6.45) is 8.99. The Labute approximate surface area is 112 Å². The average molecular weight is 254 g/mol. The molecule has 2 aliphatic heterocycles. The average Bonchev–Trinajstić information content (AvgIpc) is 2.62. The molecule has 0 spiro atoms. The van der Waals surface area contributed by atoms with Gasteiger partial charge in [0.1, 0.15) is 0 Å². The smallest absolute Gasteiger partial charge is 0.0524 e. The zero-order valence-corrected chi connectivity index (χ0v) is 11.9. The van der Waals surface area contributed by atoms with Crippen LogP contribution < -0.4 is 5.32 Å². The summed E-state index contributed by atoms with van der Waals surface area (Å²) in [4.78, 5) is 2.69. The second-order valence-electron chi connectivity index (χ2n) is 6.18. The third-order valence-corrected chi connectivity index (χ3v) is 4.68. The number of aliphatic hydroxyl groups excluding tert-OH is 1. The zero-order chi connectivity index (χ0) is 12.8. The summed E-state index contributed by atoms with van der Waals surface area (Å²) in [5.41, 5.74) is 0. The molecule has 3 nitrogen and oxygen atoms in total. The minimum absolute atomic E-state index is 0.151. The highest BCUT2D eigenvalue weighted by atomic mass is 16.3. The summed E-state index contributed by atoms with van der Waals surface area (Å²) in [7, 11) is 0. The molecule has 0 saturated carbocycles. The lowest BCUT2D eigenvalue weighted by Crippen LogP contribution is -2.45. The molecule has 2 saturated heterocycles. The van der Waals surface area contributed by atoms with E-state index in [4.69, 9.17) is 0 Å². The second kappa shape index (κ2) is 7.46. The van der Waals surface area contributed by atoms with E-state index in [2.05, 4.69) is 10.2 Å². The molecular formula is C15H30N2O. The van der Waals surface area contributed by atoms with Crippen LogP contribution in [0.2, 0.25) is 0 Å². The number of hydrogen-bond acceptors (Lipinski definition) is 3. The van der Waals surface area contributed by atoms with Gasteiger partial charge in [0.25, 0.3) is 0 Å². The van der Waals surface area contributed by atoms with E-state index in [1.807, 2.05) is 6.92 Å². The molecule has 2 aliphatic rings. The van der Waals surface area contributed by atoms with E-state index in [1.54, 1.807) is 0 Å². The normalized spacial score (nSPS) is 30.0. The highest BCUT2D eigenvalue weighted by Gasteiger charge is 2.29. The van der Waals surface area contributed by atoms with Crippen molar-refractivity contribution >= 4 is 0 Å². The first kappa shape index (κ1) is 14.3. The molecule has 0 aliphatic carbocycles. The maximum Gasteiger partial charge on any atom is 0.0524 e. The molecule has 2 rings (SSSR count). The lowest BCUT2D eigenvalue weighted by molar-refractivity contribution is 0.0966. The van der Waals surface area contributed by atoms with Gasteiger partial charge in [0.2, 0.25) is 0 Å². The van der Waals surface area contributed by atoms with Crippen LogP contribution in [0.3, 0.4) is 0 Å². The van der Waals surface area contributed by atoms with E-state index in [0.717, 1.165) is 24.9 Å². The van der Waals surface area contributed by atoms with Gasteiger partial charge in [-0.1, -0.05) is 12.8 Å². The lowest BCUT2D eigenvalue weighted by atomic mass is 9.86. The van der Waals surface area contributed by atoms with Crippen molar-refractivity contribution in [1.29, 1.82) is 0 Å². The molecule has 2 heterocycles. The molecule has 2 fully saturated rings. The number of likely N-dealkylation sites (tertiary alicyclic amines) is 1. The number of piperidine rings is 1. The Morgan fingerprint density at radius 3 is 2.67 bits per heavy atom. The van der Waals surface area contributed by atoms with Gasteiger partial charge in [-0.15, -0.1) is 0 Å². The maximum atomic E-state index is 9.51. The fraction of sp³-hybridized carbons (Fsp3) is 1.00. The van der Waals surface area contributed by atoms with E-state index in [0.29, 0.717) is 0 Å². The lowest BCUT2D eigenvalue weighted by Gasteiger charge is -2.38. The van der Waals surface area contributed by atoms with Gasteiger partial charge in [-0.3, -0.25) is 0 Å². The number of hydrogen-bond donors (Lipinski definition) is 2. The molecule has 18 heavy (non-hydrogen) atoms. The van der Waals surface area contributed by atoms with Crippen LogP contribution in [-0.4, -0.2) is 48.3 Å². The van der Waals surface area contributed by atoms with Crippen molar-refractivity contribution in [2.75, 3.05) is 26.2 Å². The molecule has 106 valence electrons. The first-order valence-electron chi connectivity index (χ1n) is 7.90. The first-order chi connectivity index (χ1) is 8.77. The van der Waals surface area contributed by atoms with Crippen molar-refractivity contribution in [3.8, 4) is 0 Å². The molecule has 2 atom stereocenters. The Kier molecular flexibility index (Phi) is 5.93. The number of nitrogens with one attached hydrogen (secondary N) is 1. The molecule has 0 radical (unpaired) electrons. The van der Waals surface area contributed by atoms with Gasteiger partial charge in [-0.25, -0.2) is 0 Å². The summed E-state index contributed by atoms with van der Waals surface area (Å²) in [6.45, 7) is 6.65. The van der Waals surface area contributed by atoms with Gasteiger partial charge >= 0.3 is 0 Å². The molecule has 0 bridgehead atoms. The minimum Gasteiger partial charge on any atom is -0.393 e. The number of aliphatic hydroxyl groups is 1. The molecule has 2 unspecified atom stereocenters. The zero-order valence-electron chi connectivity index (χ0n) is 11.9. The van der Waals surface area contributed by atoms with Crippen LogP contribution in [0.1, 0.15) is 51.9 Å². The van der Waals surface area contributed by atoms with Gasteiger partial charge in [-0.2, -0.15) is 0 Å². The second-order valence-corrected chi connectivity index (χ2v) is 6.18. The highest BCUT2D eigenvalue weighted by molar-refractivity contribution is 4.85. The summed E-state index contributed by atoms with van der Waals surface area (Å²) < 4.78 is 0. The molecule has 0 aromatic rings. The van der Waals surface area contributed by atoms with Crippen LogP contribution >= 0.6 is 0 Å². The predicted molar refractivity (Wildman–Crippen MR) is 75.7 cm³/mol. The van der Waals surface area contributed by atoms with Gasteiger partial charge in [0, 0.05) is 12.6 Å². The Morgan fingerprint density at radius 1 is 1.17 bits per heavy atom. The van der Waals surface area contributed by atoms with Crippen molar-refractivity contribution in [1.82, 2.24) is 10.2 Å². The standard InChI is InChI=1S/C15H30N2O/c1-13(18)8-12-17-11-4-2-3-5-15(17)14-6-9-16-10-7-14/h13-16,18H,2-12H2,1H3. The molecule has 0 amide bonds. The first-order valence-corrected chi connectivity index (χ1v) is 7.90. The van der Waals surface area contributed by atoms with Crippen LogP contribution in [0.25, 0.3) is 0 Å². The summed E-state index contributed by atoms with van der Waals surface area (Å²) in [5, 5.41) is 13.0. The largest absolute Gasteiger partial charge is 0.393 e. The predicted octanol–water partition coefficient (Wildman–Crippen LogP) is 2.00. The van der Waals surface area contributed by atoms with Crippen molar-refractivity contribution in [3.05, 3.63) is 0 Å². The molecule has 3 heteroatoms. The van der Waals surface area contributed by atoms with Crippen molar-refractivity contribution < 1.29 is 5.11 Å². The van der Waals surface area contributed by atoms with Crippen molar-refractivity contribution in [2.24, 2.45) is 5.92 Å². The van der Waals surface area contributed by atoms with Crippen LogP contribution in [0.5, 0.6) is 0 Å². The van der Waals surface area contributed by atoms with Gasteiger partial charge in [0.05, 0.1) is 6.10 Å². The third kappa shape index (κ3) is 4.22. The molecular weight excluding hydrogens is 224 g/mol. The van der Waals surface area contributed by atoms with Gasteiger partial charge in [-0.05, 0) is 64.6 Å². The fourth-order valence-corrected chi connectivity index (χ4v) is 3.59. The monoisotopic (exact) mass is 254 g/mol. The summed E-state index contributed by atoms with van der Waals surface area (Å²) >= 11 is 0. The SMILES string of the molecule is CC(O)CCN1CCCCCC1C1CCNCC1. The fourth-order valence-electron chi connectivity index (χ4n) is 3.59. The van der Waals surface area contributed by atoms with Crippen molar-refractivity contribution in [2.45, 2.75) is 64.0 Å². The third-order valence-electron chi connectivity index (χ3n) is 4.68. The van der Waals surface area contributed by atoms with E-state index >= 15 is 0 Å². The Morgan fingerprint density at radius 2 is 1.94 bits per heavy atom. The molecule has 0 aromatic heterocycles. The van der Waals surface area contributed by atoms with Crippen molar-refractivity contribution in [3.63, 3.8) is 0 Å². The van der Waals surface area contributed by atoms with E-state index in [9.17, 15) is 5.11 Å². The van der Waals surface area contributed by atoms with E-state index in [1.165, 1.54) is 58.2 Å². The maximum absolute atomic E-state index is 9.51. The van der Waals surface area contributed by atoms with Crippen LogP contribution in [-0.2, 0) is 0 Å². The van der Waals surface area contributed by atoms with Gasteiger partial charge in [0.15, 0.2) is 0 Å². The highest BCUT2D eigenvalue weighted by Crippen LogP contribution is 2.28.